The van der Waals surface area contributed by atoms with Gasteiger partial charge in [-0.1, -0.05) is 0 Å². The third-order valence-corrected chi connectivity index (χ3v) is 4.82. The highest BCUT2D eigenvalue weighted by Crippen LogP contribution is 2.57. The fourth-order valence-corrected chi connectivity index (χ4v) is 4.52. The fraction of sp³-hybridized carbons (Fsp3) is 1.00. The summed E-state index contributed by atoms with van der Waals surface area (Å²) in [5, 5.41) is 22.2. The van der Waals surface area contributed by atoms with Crippen molar-refractivity contribution >= 4 is 0 Å². The molecule has 4 aliphatic carbocycles. The topological polar surface area (TPSA) is 86.3 Å². The number of hydrogen-bond acceptors (Lipinski definition) is 4. The van der Waals surface area contributed by atoms with Crippen LogP contribution in [0.4, 0.5) is 0 Å². The van der Waals surface area contributed by atoms with Crippen molar-refractivity contribution in [3.05, 3.63) is 20.2 Å². The summed E-state index contributed by atoms with van der Waals surface area (Å²) in [6.07, 6.45) is 3.17. The van der Waals surface area contributed by atoms with Gasteiger partial charge < -0.3 is 0 Å². The fourth-order valence-electron chi connectivity index (χ4n) is 4.52. The van der Waals surface area contributed by atoms with Crippen LogP contribution >= 0.6 is 0 Å². The van der Waals surface area contributed by atoms with Crippen LogP contribution in [0.2, 0.25) is 0 Å². The van der Waals surface area contributed by atoms with Gasteiger partial charge in [-0.05, 0) is 18.8 Å². The molecule has 0 aromatic carbocycles. The molecule has 4 rings (SSSR count). The first-order valence-corrected chi connectivity index (χ1v) is 5.80. The van der Waals surface area contributed by atoms with E-state index in [9.17, 15) is 20.2 Å². The highest BCUT2D eigenvalue weighted by molar-refractivity contribution is 5.06. The maximum Gasteiger partial charge on any atom is 0.223 e. The Kier molecular flexibility index (Phi) is 1.83. The lowest BCUT2D eigenvalue weighted by molar-refractivity contribution is -0.615. The molecule has 6 heteroatoms. The lowest BCUT2D eigenvalue weighted by Gasteiger charge is -2.52. The number of rotatable bonds is 2. The largest absolute Gasteiger partial charge is 0.264 e. The Morgan fingerprint density at radius 3 is 2.00 bits per heavy atom. The minimum atomic E-state index is -0.816. The molecule has 0 aliphatic heterocycles. The maximum atomic E-state index is 11.2. The van der Waals surface area contributed by atoms with Gasteiger partial charge in [0.1, 0.15) is 0 Å². The van der Waals surface area contributed by atoms with Gasteiger partial charge in [-0.15, -0.1) is 0 Å². The summed E-state index contributed by atoms with van der Waals surface area (Å²) in [4.78, 5) is 21.8. The predicted molar refractivity (Wildman–Crippen MR) is 54.1 cm³/mol. The summed E-state index contributed by atoms with van der Waals surface area (Å²) in [5.74, 6) is 0.261. The van der Waals surface area contributed by atoms with E-state index in [-0.39, 0.29) is 21.7 Å². The van der Waals surface area contributed by atoms with Gasteiger partial charge >= 0.3 is 0 Å². The van der Waals surface area contributed by atoms with Gasteiger partial charge in [0.2, 0.25) is 11.6 Å². The normalized spacial score (nSPS) is 49.2. The van der Waals surface area contributed by atoms with Crippen molar-refractivity contribution in [2.45, 2.75) is 43.7 Å². The minimum absolute atomic E-state index is 0.0494. The van der Waals surface area contributed by atoms with E-state index in [4.69, 9.17) is 0 Å². The van der Waals surface area contributed by atoms with E-state index in [1.807, 2.05) is 0 Å². The lowest BCUT2D eigenvalue weighted by atomic mass is 9.51. The molecule has 0 aromatic heterocycles. The van der Waals surface area contributed by atoms with Crippen LogP contribution in [0, 0.1) is 38.0 Å². The molecule has 4 aliphatic rings. The Hall–Kier alpha value is -1.20. The van der Waals surface area contributed by atoms with Crippen molar-refractivity contribution < 1.29 is 9.85 Å². The highest BCUT2D eigenvalue weighted by Gasteiger charge is 2.65. The second-order valence-electron chi connectivity index (χ2n) is 5.73. The third-order valence-electron chi connectivity index (χ3n) is 4.82. The predicted octanol–water partition coefficient (Wildman–Crippen LogP) is 1.49. The SMILES string of the molecule is O=[N+]([O-])C1C2CC3CC1CC([N+](=O)[O-])(C3)C2. The van der Waals surface area contributed by atoms with E-state index in [0.29, 0.717) is 25.2 Å². The zero-order valence-electron chi connectivity index (χ0n) is 8.87. The van der Waals surface area contributed by atoms with Gasteiger partial charge in [-0.3, -0.25) is 20.2 Å². The number of hydrogen-bond donors (Lipinski definition) is 0. The molecule has 2 atom stereocenters. The molecule has 4 bridgehead atoms. The van der Waals surface area contributed by atoms with Crippen LogP contribution in [-0.4, -0.2) is 21.4 Å². The van der Waals surface area contributed by atoms with Gasteiger partial charge in [0.25, 0.3) is 0 Å². The maximum absolute atomic E-state index is 11.2. The van der Waals surface area contributed by atoms with Crippen molar-refractivity contribution in [2.75, 3.05) is 0 Å². The van der Waals surface area contributed by atoms with E-state index < -0.39 is 11.6 Å². The molecule has 0 heterocycles. The molecule has 0 N–H and O–H groups in total. The first-order chi connectivity index (χ1) is 7.52. The van der Waals surface area contributed by atoms with Gasteiger partial charge in [0, 0.05) is 40.9 Å². The molecule has 88 valence electrons. The van der Waals surface area contributed by atoms with Crippen LogP contribution < -0.4 is 0 Å². The summed E-state index contributed by atoms with van der Waals surface area (Å²) in [6, 6.07) is -0.510. The average molecular weight is 226 g/mol. The Bertz CT molecular complexity index is 354. The van der Waals surface area contributed by atoms with E-state index in [1.54, 1.807) is 0 Å². The quantitative estimate of drug-likeness (QED) is 0.527. The second kappa shape index (κ2) is 2.93. The van der Waals surface area contributed by atoms with Gasteiger partial charge in [0.15, 0.2) is 0 Å². The van der Waals surface area contributed by atoms with Crippen molar-refractivity contribution in [1.29, 1.82) is 0 Å². The molecule has 6 nitrogen and oxygen atoms in total. The summed E-state index contributed by atoms with van der Waals surface area (Å²) in [7, 11) is 0. The Morgan fingerprint density at radius 2 is 1.56 bits per heavy atom. The first kappa shape index (κ1) is 9.99. The zero-order valence-corrected chi connectivity index (χ0v) is 8.87. The molecule has 4 fully saturated rings. The van der Waals surface area contributed by atoms with E-state index in [2.05, 4.69) is 0 Å². The molecule has 0 aromatic rings. The number of nitrogens with zero attached hydrogens (tertiary/aromatic N) is 2. The zero-order chi connectivity index (χ0) is 11.5. The Morgan fingerprint density at radius 1 is 1.00 bits per heavy atom. The third kappa shape index (κ3) is 1.13. The molecule has 4 saturated carbocycles. The molecule has 16 heavy (non-hydrogen) atoms. The molecular weight excluding hydrogens is 212 g/mol. The Balaban J connectivity index is 1.95. The van der Waals surface area contributed by atoms with Crippen LogP contribution in [0.5, 0.6) is 0 Å². The van der Waals surface area contributed by atoms with Crippen LogP contribution in [-0.2, 0) is 0 Å². The van der Waals surface area contributed by atoms with Crippen molar-refractivity contribution in [1.82, 2.24) is 0 Å². The van der Waals surface area contributed by atoms with Crippen molar-refractivity contribution in [3.8, 4) is 0 Å². The first-order valence-electron chi connectivity index (χ1n) is 5.80. The van der Waals surface area contributed by atoms with E-state index in [1.165, 1.54) is 0 Å². The lowest BCUT2D eigenvalue weighted by Crippen LogP contribution is -2.61. The van der Waals surface area contributed by atoms with E-state index in [0.717, 1.165) is 12.8 Å². The monoisotopic (exact) mass is 226 g/mol. The highest BCUT2D eigenvalue weighted by atomic mass is 16.6. The van der Waals surface area contributed by atoms with Gasteiger partial charge in [-0.25, -0.2) is 0 Å². The average Bonchev–Trinajstić information content (AvgIpc) is 2.14. The molecular formula is C10H14N2O4. The Labute approximate surface area is 92.3 Å². The summed E-state index contributed by atoms with van der Waals surface area (Å²) < 4.78 is 0. The second-order valence-corrected chi connectivity index (χ2v) is 5.73. The molecule has 2 unspecified atom stereocenters. The van der Waals surface area contributed by atoms with Crippen molar-refractivity contribution in [3.63, 3.8) is 0 Å². The van der Waals surface area contributed by atoms with Crippen LogP contribution in [0.25, 0.3) is 0 Å². The molecule has 0 spiro atoms. The molecule has 0 amide bonds. The van der Waals surface area contributed by atoms with Gasteiger partial charge in [0.05, 0.1) is 0 Å². The summed E-state index contributed by atoms with van der Waals surface area (Å²) >= 11 is 0. The van der Waals surface area contributed by atoms with Crippen LogP contribution in [0.1, 0.15) is 32.1 Å². The molecule has 0 saturated heterocycles. The van der Waals surface area contributed by atoms with Crippen molar-refractivity contribution in [2.24, 2.45) is 17.8 Å². The summed E-state index contributed by atoms with van der Waals surface area (Å²) in [6.45, 7) is 0. The van der Waals surface area contributed by atoms with E-state index >= 15 is 0 Å². The minimum Gasteiger partial charge on any atom is -0.264 e. The van der Waals surface area contributed by atoms with Crippen LogP contribution in [0.3, 0.4) is 0 Å². The van der Waals surface area contributed by atoms with Crippen LogP contribution in [0.15, 0.2) is 0 Å². The molecule has 0 radical (unpaired) electrons. The smallest absolute Gasteiger partial charge is 0.223 e. The standard InChI is InChI=1S/C10H14N2O4/c13-11(14)9-7-1-6-2-8(9)5-10(3-6,4-7)12(15)16/h6-9H,1-5H2. The van der Waals surface area contributed by atoms with Gasteiger partial charge in [-0.2, -0.15) is 0 Å². The summed E-state index contributed by atoms with van der Waals surface area (Å²) in [5.41, 5.74) is -0.816. The number of nitro groups is 2.